The molecule has 0 heterocycles. The number of aliphatic hydroxyl groups excluding tert-OH is 1. The predicted octanol–water partition coefficient (Wildman–Crippen LogP) is 3.22. The fourth-order valence-electron chi connectivity index (χ4n) is 0.539. The van der Waals surface area contributed by atoms with Gasteiger partial charge in [0.1, 0.15) is 0 Å². The van der Waals surface area contributed by atoms with Crippen LogP contribution in [-0.4, -0.2) is 34.8 Å². The second-order valence-corrected chi connectivity index (χ2v) is 2.64. The third-order valence-electron chi connectivity index (χ3n) is 1.37. The zero-order valence-electron chi connectivity index (χ0n) is 9.22. The van der Waals surface area contributed by atoms with Crippen LogP contribution in [0.1, 0.15) is 52.4 Å². The summed E-state index contributed by atoms with van der Waals surface area (Å²) in [6.45, 7) is 8.25. The molecule has 0 rings (SSSR count). The minimum absolute atomic E-state index is 0. The number of halogens is 1. The van der Waals surface area contributed by atoms with Gasteiger partial charge in [0.2, 0.25) is 0 Å². The van der Waals surface area contributed by atoms with E-state index in [0.29, 0.717) is 6.61 Å². The summed E-state index contributed by atoms with van der Waals surface area (Å²) in [7, 11) is 0. The molecule has 0 saturated heterocycles. The van der Waals surface area contributed by atoms with Crippen molar-refractivity contribution in [3.05, 3.63) is 6.92 Å². The van der Waals surface area contributed by atoms with Crippen molar-refractivity contribution >= 4 is 35.5 Å². The Labute approximate surface area is 106 Å². The Morgan fingerprint density at radius 2 is 1.46 bits per heavy atom. The molecule has 0 aliphatic rings. The van der Waals surface area contributed by atoms with Gasteiger partial charge in [-0.05, 0) is 6.42 Å². The zero-order chi connectivity index (χ0) is 8.95. The van der Waals surface area contributed by atoms with Gasteiger partial charge in [0.05, 0.1) is 0 Å². The van der Waals surface area contributed by atoms with Crippen molar-refractivity contribution in [3.8, 4) is 0 Å². The Kier molecular flexibility index (Phi) is 53.3. The molecule has 1 N–H and O–H groups in total. The SMILES string of the molecule is CCCCCCO.Cl.[CH2-]CCC.[Mg+2]. The fourth-order valence-corrected chi connectivity index (χ4v) is 0.539. The van der Waals surface area contributed by atoms with E-state index in [4.69, 9.17) is 5.11 Å². The Balaban J connectivity index is -0.0000000600. The minimum atomic E-state index is 0. The molecule has 0 bridgehead atoms. The van der Waals surface area contributed by atoms with Crippen molar-refractivity contribution in [2.75, 3.05) is 6.61 Å². The molecule has 13 heavy (non-hydrogen) atoms. The van der Waals surface area contributed by atoms with Gasteiger partial charge in [-0.25, -0.2) is 0 Å². The molecular formula is C10H24ClMgO+. The maximum Gasteiger partial charge on any atom is 2.00 e. The van der Waals surface area contributed by atoms with Crippen LogP contribution in [0.5, 0.6) is 0 Å². The molecule has 0 aromatic carbocycles. The van der Waals surface area contributed by atoms with Crippen LogP contribution in [0, 0.1) is 6.92 Å². The molecule has 0 aliphatic heterocycles. The maximum atomic E-state index is 8.29. The second kappa shape index (κ2) is 29.2. The van der Waals surface area contributed by atoms with Crippen molar-refractivity contribution in [1.82, 2.24) is 0 Å². The molecule has 0 aromatic rings. The molecule has 0 unspecified atom stereocenters. The van der Waals surface area contributed by atoms with Crippen molar-refractivity contribution < 1.29 is 5.11 Å². The number of hydrogen-bond acceptors (Lipinski definition) is 1. The summed E-state index contributed by atoms with van der Waals surface area (Å²) in [6, 6.07) is 0. The summed E-state index contributed by atoms with van der Waals surface area (Å²) < 4.78 is 0. The van der Waals surface area contributed by atoms with Crippen LogP contribution < -0.4 is 0 Å². The van der Waals surface area contributed by atoms with Crippen LogP contribution in [0.2, 0.25) is 0 Å². The van der Waals surface area contributed by atoms with E-state index in [0.717, 1.165) is 12.8 Å². The monoisotopic (exact) mass is 219 g/mol. The quantitative estimate of drug-likeness (QED) is 0.428. The first kappa shape index (κ1) is 23.7. The number of hydrogen-bond donors (Lipinski definition) is 1. The third kappa shape index (κ3) is 43.6. The summed E-state index contributed by atoms with van der Waals surface area (Å²) in [5.41, 5.74) is 0. The average molecular weight is 220 g/mol. The standard InChI is InChI=1S/C6H14O.C4H9.ClH.Mg/c1-2-3-4-5-6-7;1-3-4-2;;/h7H,2-6H2,1H3;1,3-4H2,2H3;1H;/q;-1;;+2. The van der Waals surface area contributed by atoms with Gasteiger partial charge < -0.3 is 12.0 Å². The van der Waals surface area contributed by atoms with Gasteiger partial charge in [-0.3, -0.25) is 0 Å². The zero-order valence-corrected chi connectivity index (χ0v) is 11.5. The average Bonchev–Trinajstić information content (AvgIpc) is 2.06. The molecule has 78 valence electrons. The third-order valence-corrected chi connectivity index (χ3v) is 1.37. The summed E-state index contributed by atoms with van der Waals surface area (Å²) in [6.07, 6.45) is 6.96. The molecule has 0 aromatic heterocycles. The first-order valence-electron chi connectivity index (χ1n) is 4.73. The van der Waals surface area contributed by atoms with Crippen LogP contribution in [-0.2, 0) is 0 Å². The van der Waals surface area contributed by atoms with E-state index in [9.17, 15) is 0 Å². The predicted molar refractivity (Wildman–Crippen MR) is 64.5 cm³/mol. The van der Waals surface area contributed by atoms with E-state index in [-0.39, 0.29) is 35.5 Å². The summed E-state index contributed by atoms with van der Waals surface area (Å²) in [5.74, 6) is 0. The topological polar surface area (TPSA) is 20.2 Å². The van der Waals surface area contributed by atoms with E-state index >= 15 is 0 Å². The van der Waals surface area contributed by atoms with Gasteiger partial charge in [0, 0.05) is 6.61 Å². The van der Waals surface area contributed by atoms with E-state index in [1.807, 2.05) is 0 Å². The van der Waals surface area contributed by atoms with Gasteiger partial charge >= 0.3 is 23.1 Å². The molecule has 0 atom stereocenters. The van der Waals surface area contributed by atoms with Crippen molar-refractivity contribution in [2.45, 2.75) is 52.4 Å². The molecule has 3 heteroatoms. The molecule has 0 aliphatic carbocycles. The van der Waals surface area contributed by atoms with E-state index in [2.05, 4.69) is 20.8 Å². The van der Waals surface area contributed by atoms with Gasteiger partial charge in [-0.2, -0.15) is 6.42 Å². The number of rotatable bonds is 5. The van der Waals surface area contributed by atoms with Gasteiger partial charge in [-0.15, -0.1) is 12.4 Å². The largest absolute Gasteiger partial charge is 2.00 e. The molecule has 0 spiro atoms. The van der Waals surface area contributed by atoms with Crippen LogP contribution in [0.3, 0.4) is 0 Å². The molecule has 0 radical (unpaired) electrons. The Morgan fingerprint density at radius 3 is 1.69 bits per heavy atom. The van der Waals surface area contributed by atoms with Gasteiger partial charge in [0.15, 0.2) is 0 Å². The van der Waals surface area contributed by atoms with E-state index < -0.39 is 0 Å². The van der Waals surface area contributed by atoms with Crippen molar-refractivity contribution in [2.24, 2.45) is 0 Å². The molecule has 0 saturated carbocycles. The summed E-state index contributed by atoms with van der Waals surface area (Å²) >= 11 is 0. The first-order valence-corrected chi connectivity index (χ1v) is 4.73. The fraction of sp³-hybridized carbons (Fsp3) is 0.900. The van der Waals surface area contributed by atoms with Crippen LogP contribution in [0.15, 0.2) is 0 Å². The molecule has 1 nitrogen and oxygen atoms in total. The Hall–Kier alpha value is 1.02. The summed E-state index contributed by atoms with van der Waals surface area (Å²) in [5, 5.41) is 8.29. The van der Waals surface area contributed by atoms with E-state index in [1.54, 1.807) is 0 Å². The summed E-state index contributed by atoms with van der Waals surface area (Å²) in [4.78, 5) is 0. The smallest absolute Gasteiger partial charge is 0.396 e. The normalized spacial score (nSPS) is 7.38. The molecule has 0 fully saturated rings. The molecular weight excluding hydrogens is 196 g/mol. The van der Waals surface area contributed by atoms with Crippen LogP contribution in [0.25, 0.3) is 0 Å². The van der Waals surface area contributed by atoms with Crippen molar-refractivity contribution in [1.29, 1.82) is 0 Å². The van der Waals surface area contributed by atoms with Crippen LogP contribution in [0.4, 0.5) is 0 Å². The number of aliphatic hydroxyl groups is 1. The van der Waals surface area contributed by atoms with Crippen LogP contribution >= 0.6 is 12.4 Å². The van der Waals surface area contributed by atoms with Gasteiger partial charge in [-0.1, -0.05) is 39.5 Å². The second-order valence-electron chi connectivity index (χ2n) is 2.64. The maximum absolute atomic E-state index is 8.29. The van der Waals surface area contributed by atoms with Gasteiger partial charge in [0.25, 0.3) is 0 Å². The Morgan fingerprint density at radius 1 is 1.00 bits per heavy atom. The first-order chi connectivity index (χ1) is 5.33. The Bertz CT molecular complexity index is 48.2. The number of unbranched alkanes of at least 4 members (excludes halogenated alkanes) is 4. The molecule has 0 amide bonds. The van der Waals surface area contributed by atoms with Crippen molar-refractivity contribution in [3.63, 3.8) is 0 Å². The minimum Gasteiger partial charge on any atom is -0.396 e. The van der Waals surface area contributed by atoms with E-state index in [1.165, 1.54) is 25.7 Å².